The molecular formula is C11H8ClFO2. The Balaban J connectivity index is 2.98. The van der Waals surface area contributed by atoms with Crippen molar-refractivity contribution >= 4 is 17.6 Å². The lowest BCUT2D eigenvalue weighted by atomic mass is 10.1. The lowest BCUT2D eigenvalue weighted by Gasteiger charge is -1.99. The topological polar surface area (TPSA) is 37.3 Å². The first-order valence-electron chi connectivity index (χ1n) is 4.17. The van der Waals surface area contributed by atoms with Gasteiger partial charge in [0.1, 0.15) is 12.2 Å². The van der Waals surface area contributed by atoms with E-state index in [0.29, 0.717) is 16.1 Å². The minimum absolute atomic E-state index is 0.286. The molecule has 0 atom stereocenters. The van der Waals surface area contributed by atoms with E-state index in [9.17, 15) is 9.18 Å². The third kappa shape index (κ3) is 3.26. The smallest absolute Gasteiger partial charge is 0.315 e. The van der Waals surface area contributed by atoms with Crippen LogP contribution in [0.1, 0.15) is 17.5 Å². The first-order chi connectivity index (χ1) is 7.00. The van der Waals surface area contributed by atoms with Crippen LogP contribution in [0, 0.1) is 24.6 Å². The summed E-state index contributed by atoms with van der Waals surface area (Å²) in [6.45, 7) is 1.59. The first-order valence-corrected chi connectivity index (χ1v) is 4.55. The van der Waals surface area contributed by atoms with Crippen LogP contribution in [0.4, 0.5) is 4.39 Å². The van der Waals surface area contributed by atoms with E-state index < -0.39 is 11.8 Å². The van der Waals surface area contributed by atoms with Crippen molar-refractivity contribution < 1.29 is 14.3 Å². The number of carbonyl (C=O) groups is 1. The highest BCUT2D eigenvalue weighted by Crippen LogP contribution is 2.19. The van der Waals surface area contributed by atoms with Crippen LogP contribution in [0.2, 0.25) is 5.02 Å². The van der Waals surface area contributed by atoms with E-state index in [2.05, 4.69) is 11.8 Å². The Morgan fingerprint density at radius 2 is 2.27 bits per heavy atom. The highest BCUT2D eigenvalue weighted by molar-refractivity contribution is 6.31. The van der Waals surface area contributed by atoms with Crippen molar-refractivity contribution in [3.05, 3.63) is 34.1 Å². The minimum atomic E-state index is -1.02. The maximum atomic E-state index is 13.1. The number of rotatable bonds is 1. The van der Waals surface area contributed by atoms with Gasteiger partial charge in [-0.15, -0.1) is 0 Å². The second-order valence-electron chi connectivity index (χ2n) is 2.95. The molecular weight excluding hydrogens is 219 g/mol. The minimum Gasteiger partial charge on any atom is -0.481 e. The van der Waals surface area contributed by atoms with E-state index in [1.54, 1.807) is 6.92 Å². The Morgan fingerprint density at radius 3 is 2.87 bits per heavy atom. The fraction of sp³-hybridized carbons (Fsp3) is 0.182. The van der Waals surface area contributed by atoms with Gasteiger partial charge in [0.25, 0.3) is 0 Å². The highest BCUT2D eigenvalue weighted by atomic mass is 35.5. The number of carboxylic acids is 1. The maximum absolute atomic E-state index is 13.1. The molecule has 0 aliphatic heterocycles. The van der Waals surface area contributed by atoms with Crippen LogP contribution >= 0.6 is 11.6 Å². The molecule has 0 aliphatic carbocycles. The van der Waals surface area contributed by atoms with Gasteiger partial charge in [-0.3, -0.25) is 4.79 Å². The lowest BCUT2D eigenvalue weighted by Crippen LogP contribution is -1.91. The summed E-state index contributed by atoms with van der Waals surface area (Å²) in [7, 11) is 0. The molecule has 1 N–H and O–H groups in total. The molecule has 0 radical (unpaired) electrons. The van der Waals surface area contributed by atoms with Gasteiger partial charge in [-0.1, -0.05) is 23.4 Å². The Bertz CT molecular complexity index is 458. The molecule has 0 aromatic heterocycles. The molecule has 0 heterocycles. The number of carboxylic acid groups (broad SMARTS) is 1. The fourth-order valence-electron chi connectivity index (χ4n) is 0.957. The van der Waals surface area contributed by atoms with Crippen LogP contribution in [0.25, 0.3) is 0 Å². The summed E-state index contributed by atoms with van der Waals surface area (Å²) in [4.78, 5) is 10.2. The van der Waals surface area contributed by atoms with E-state index >= 15 is 0 Å². The first kappa shape index (κ1) is 11.5. The van der Waals surface area contributed by atoms with Gasteiger partial charge in [0.15, 0.2) is 0 Å². The number of hydrogen-bond acceptors (Lipinski definition) is 1. The van der Waals surface area contributed by atoms with Crippen LogP contribution < -0.4 is 0 Å². The van der Waals surface area contributed by atoms with Crippen LogP contribution in [0.5, 0.6) is 0 Å². The monoisotopic (exact) mass is 226 g/mol. The Hall–Kier alpha value is -1.53. The maximum Gasteiger partial charge on any atom is 0.315 e. The van der Waals surface area contributed by atoms with E-state index in [1.807, 2.05) is 0 Å². The molecule has 2 nitrogen and oxygen atoms in total. The van der Waals surface area contributed by atoms with Gasteiger partial charge in [-0.2, -0.15) is 0 Å². The van der Waals surface area contributed by atoms with Crippen molar-refractivity contribution in [3.63, 3.8) is 0 Å². The van der Waals surface area contributed by atoms with Crippen molar-refractivity contribution in [1.82, 2.24) is 0 Å². The molecule has 1 rings (SSSR count). The molecule has 0 aliphatic rings. The van der Waals surface area contributed by atoms with Gasteiger partial charge in [0.2, 0.25) is 0 Å². The van der Waals surface area contributed by atoms with Gasteiger partial charge in [-0.05, 0) is 24.6 Å². The van der Waals surface area contributed by atoms with Crippen molar-refractivity contribution in [2.24, 2.45) is 0 Å². The third-order valence-electron chi connectivity index (χ3n) is 1.71. The molecule has 0 saturated heterocycles. The second-order valence-corrected chi connectivity index (χ2v) is 3.36. The van der Waals surface area contributed by atoms with Crippen LogP contribution in [-0.2, 0) is 4.79 Å². The van der Waals surface area contributed by atoms with Crippen molar-refractivity contribution in [3.8, 4) is 11.8 Å². The summed E-state index contributed by atoms with van der Waals surface area (Å²) < 4.78 is 13.1. The van der Waals surface area contributed by atoms with Crippen LogP contribution in [-0.4, -0.2) is 11.1 Å². The summed E-state index contributed by atoms with van der Waals surface area (Å²) in [5.74, 6) is 3.47. The average Bonchev–Trinajstić information content (AvgIpc) is 2.13. The predicted molar refractivity (Wildman–Crippen MR) is 55.3 cm³/mol. The zero-order valence-electron chi connectivity index (χ0n) is 7.97. The quantitative estimate of drug-likeness (QED) is 0.748. The van der Waals surface area contributed by atoms with Crippen LogP contribution in [0.3, 0.4) is 0 Å². The van der Waals surface area contributed by atoms with Crippen molar-refractivity contribution in [1.29, 1.82) is 0 Å². The van der Waals surface area contributed by atoms with Gasteiger partial charge < -0.3 is 5.11 Å². The SMILES string of the molecule is Cc1cc(Cl)c(C#CCC(=O)O)cc1F. The molecule has 0 bridgehead atoms. The van der Waals surface area contributed by atoms with Gasteiger partial charge in [0.05, 0.1) is 5.02 Å². The molecule has 1 aromatic rings. The Labute approximate surface area is 91.7 Å². The standard InChI is InChI=1S/C11H8ClFO2/c1-7-5-9(12)8(6-10(7)13)3-2-4-11(14)15/h5-6H,4H2,1H3,(H,14,15). The van der Waals surface area contributed by atoms with E-state index in [0.717, 1.165) is 0 Å². The van der Waals surface area contributed by atoms with Crippen molar-refractivity contribution in [2.45, 2.75) is 13.3 Å². The van der Waals surface area contributed by atoms with E-state index in [4.69, 9.17) is 16.7 Å². The average molecular weight is 227 g/mol. The summed E-state index contributed by atoms with van der Waals surface area (Å²) >= 11 is 5.80. The number of aryl methyl sites for hydroxylation is 1. The molecule has 0 fully saturated rings. The zero-order chi connectivity index (χ0) is 11.4. The number of benzene rings is 1. The predicted octanol–water partition coefficient (Wildman–Crippen LogP) is 2.61. The Kier molecular flexibility index (Phi) is 3.70. The molecule has 0 amide bonds. The number of aliphatic carboxylic acids is 1. The highest BCUT2D eigenvalue weighted by Gasteiger charge is 2.03. The van der Waals surface area contributed by atoms with Gasteiger partial charge in [-0.25, -0.2) is 4.39 Å². The van der Waals surface area contributed by atoms with Gasteiger partial charge in [0, 0.05) is 5.56 Å². The normalized spacial score (nSPS) is 9.27. The second kappa shape index (κ2) is 4.81. The zero-order valence-corrected chi connectivity index (χ0v) is 8.73. The summed E-state index contributed by atoms with van der Waals surface area (Å²) in [5, 5.41) is 8.68. The molecule has 4 heteroatoms. The molecule has 78 valence electrons. The molecule has 0 unspecified atom stereocenters. The lowest BCUT2D eigenvalue weighted by molar-refractivity contribution is -0.135. The van der Waals surface area contributed by atoms with Gasteiger partial charge >= 0.3 is 5.97 Å². The summed E-state index contributed by atoms with van der Waals surface area (Å²) in [5.41, 5.74) is 0.741. The largest absolute Gasteiger partial charge is 0.481 e. The molecule has 0 spiro atoms. The molecule has 15 heavy (non-hydrogen) atoms. The Morgan fingerprint density at radius 1 is 1.60 bits per heavy atom. The molecule has 1 aromatic carbocycles. The third-order valence-corrected chi connectivity index (χ3v) is 2.02. The summed E-state index contributed by atoms with van der Waals surface area (Å²) in [6, 6.07) is 2.66. The number of hydrogen-bond donors (Lipinski definition) is 1. The van der Waals surface area contributed by atoms with Crippen molar-refractivity contribution in [2.75, 3.05) is 0 Å². The number of halogens is 2. The molecule has 0 saturated carbocycles. The fourth-order valence-corrected chi connectivity index (χ4v) is 1.22. The van der Waals surface area contributed by atoms with E-state index in [-0.39, 0.29) is 6.42 Å². The van der Waals surface area contributed by atoms with Crippen LogP contribution in [0.15, 0.2) is 12.1 Å². The summed E-state index contributed by atoms with van der Waals surface area (Å²) in [6.07, 6.45) is -0.286. The van der Waals surface area contributed by atoms with E-state index in [1.165, 1.54) is 12.1 Å².